The van der Waals surface area contributed by atoms with Crippen molar-refractivity contribution in [3.05, 3.63) is 6.42 Å². The highest BCUT2D eigenvalue weighted by atomic mass is 15.0. The fourth-order valence-corrected chi connectivity index (χ4v) is 0.467. The van der Waals surface area contributed by atoms with Crippen molar-refractivity contribution in [1.82, 2.24) is 4.90 Å². The average Bonchev–Trinajstić information content (AvgIpc) is 1.66. The van der Waals surface area contributed by atoms with Crippen LogP contribution in [0, 0.1) is 6.42 Å². The quantitative estimate of drug-likeness (QED) is 0.527. The van der Waals surface area contributed by atoms with Gasteiger partial charge in [-0.15, -0.1) is 0 Å². The molecule has 0 rings (SSSR count). The number of unbranched alkanes of at least 4 members (excludes halogenated alkanes) is 1. The summed E-state index contributed by atoms with van der Waals surface area (Å²) in [5.74, 6) is 0. The van der Waals surface area contributed by atoms with Crippen molar-refractivity contribution in [2.24, 2.45) is 5.73 Å². The first-order valence-electron chi connectivity index (χ1n) is 2.94. The smallest absolute Gasteiger partial charge is 0.00216 e. The lowest BCUT2D eigenvalue weighted by Gasteiger charge is -2.06. The molecule has 0 aliphatic rings. The molecule has 0 atom stereocenters. The Balaban J connectivity index is 2.72. The summed E-state index contributed by atoms with van der Waals surface area (Å²) in [4.78, 5) is 2.14. The summed E-state index contributed by atoms with van der Waals surface area (Å²) >= 11 is 0. The lowest BCUT2D eigenvalue weighted by atomic mass is 10.3. The van der Waals surface area contributed by atoms with Crippen LogP contribution in [0.5, 0.6) is 0 Å². The second kappa shape index (κ2) is 5.06. The molecule has 2 N–H and O–H groups in total. The zero-order valence-electron chi connectivity index (χ0n) is 5.72. The Kier molecular flexibility index (Phi) is 5.01. The van der Waals surface area contributed by atoms with Gasteiger partial charge >= 0.3 is 0 Å². The lowest BCUT2D eigenvalue weighted by Crippen LogP contribution is -2.14. The molecule has 2 nitrogen and oxygen atoms in total. The van der Waals surface area contributed by atoms with Crippen molar-refractivity contribution in [2.45, 2.75) is 6.42 Å². The van der Waals surface area contributed by atoms with Gasteiger partial charge in [0, 0.05) is 0 Å². The van der Waals surface area contributed by atoms with E-state index in [1.54, 1.807) is 0 Å². The molecule has 0 aliphatic carbocycles. The molecule has 0 bridgehead atoms. The zero-order chi connectivity index (χ0) is 6.41. The van der Waals surface area contributed by atoms with Crippen molar-refractivity contribution in [3.63, 3.8) is 0 Å². The van der Waals surface area contributed by atoms with E-state index in [2.05, 4.69) is 25.4 Å². The van der Waals surface area contributed by atoms with Crippen molar-refractivity contribution < 1.29 is 0 Å². The topological polar surface area (TPSA) is 29.3 Å². The van der Waals surface area contributed by atoms with Crippen molar-refractivity contribution in [2.75, 3.05) is 27.2 Å². The SMILES string of the molecule is CN(C)CC[CH]CN. The molecule has 49 valence electrons. The molecule has 0 aromatic heterocycles. The van der Waals surface area contributed by atoms with Crippen molar-refractivity contribution in [3.8, 4) is 0 Å². The third-order valence-electron chi connectivity index (χ3n) is 0.947. The first kappa shape index (κ1) is 7.92. The van der Waals surface area contributed by atoms with Crippen molar-refractivity contribution >= 4 is 0 Å². The monoisotopic (exact) mass is 115 g/mol. The van der Waals surface area contributed by atoms with Gasteiger partial charge < -0.3 is 10.6 Å². The van der Waals surface area contributed by atoms with E-state index in [4.69, 9.17) is 5.73 Å². The Morgan fingerprint density at radius 2 is 2.12 bits per heavy atom. The van der Waals surface area contributed by atoms with Gasteiger partial charge in [0.1, 0.15) is 0 Å². The van der Waals surface area contributed by atoms with Crippen LogP contribution in [-0.4, -0.2) is 32.1 Å². The zero-order valence-corrected chi connectivity index (χ0v) is 5.72. The van der Waals surface area contributed by atoms with E-state index in [9.17, 15) is 0 Å². The number of nitrogens with zero attached hydrogens (tertiary/aromatic N) is 1. The molecule has 1 radical (unpaired) electrons. The van der Waals surface area contributed by atoms with Crippen LogP contribution in [0.3, 0.4) is 0 Å². The van der Waals surface area contributed by atoms with E-state index in [0.717, 1.165) is 13.0 Å². The van der Waals surface area contributed by atoms with Gasteiger partial charge in [0.05, 0.1) is 0 Å². The van der Waals surface area contributed by atoms with Crippen LogP contribution in [0.2, 0.25) is 0 Å². The minimum absolute atomic E-state index is 0.702. The van der Waals surface area contributed by atoms with Gasteiger partial charge in [-0.2, -0.15) is 0 Å². The lowest BCUT2D eigenvalue weighted by molar-refractivity contribution is 0.411. The normalized spacial score (nSPS) is 10.5. The molecule has 0 heterocycles. The minimum Gasteiger partial charge on any atom is -0.330 e. The Hall–Kier alpha value is -0.0800. The van der Waals surface area contributed by atoms with Gasteiger partial charge in [-0.25, -0.2) is 0 Å². The Morgan fingerprint density at radius 1 is 1.50 bits per heavy atom. The predicted molar refractivity (Wildman–Crippen MR) is 36.5 cm³/mol. The van der Waals surface area contributed by atoms with Gasteiger partial charge in [-0.1, -0.05) is 0 Å². The van der Waals surface area contributed by atoms with Crippen LogP contribution < -0.4 is 5.73 Å². The third-order valence-corrected chi connectivity index (χ3v) is 0.947. The van der Waals surface area contributed by atoms with Crippen molar-refractivity contribution in [1.29, 1.82) is 0 Å². The maximum absolute atomic E-state index is 5.24. The Labute approximate surface area is 51.7 Å². The minimum atomic E-state index is 0.702. The Bertz CT molecular complexity index is 43.8. The number of nitrogens with two attached hydrogens (primary N) is 1. The largest absolute Gasteiger partial charge is 0.330 e. The molecule has 0 saturated heterocycles. The maximum atomic E-state index is 5.24. The highest BCUT2D eigenvalue weighted by Crippen LogP contribution is 1.84. The van der Waals surface area contributed by atoms with E-state index in [1.165, 1.54) is 0 Å². The molecule has 0 unspecified atom stereocenters. The molecule has 0 aromatic rings. The summed E-state index contributed by atoms with van der Waals surface area (Å²) in [7, 11) is 4.12. The van der Waals surface area contributed by atoms with E-state index in [0.29, 0.717) is 6.54 Å². The molecular formula is C6H15N2. The van der Waals surface area contributed by atoms with E-state index in [1.807, 2.05) is 0 Å². The van der Waals surface area contributed by atoms with Crippen LogP contribution in [0.25, 0.3) is 0 Å². The average molecular weight is 115 g/mol. The highest BCUT2D eigenvalue weighted by Gasteiger charge is 1.86. The van der Waals surface area contributed by atoms with E-state index in [-0.39, 0.29) is 0 Å². The molecule has 8 heavy (non-hydrogen) atoms. The summed E-state index contributed by atoms with van der Waals surface area (Å²) in [6.45, 7) is 1.81. The first-order valence-corrected chi connectivity index (χ1v) is 2.94. The summed E-state index contributed by atoms with van der Waals surface area (Å²) < 4.78 is 0. The van der Waals surface area contributed by atoms with Gasteiger partial charge in [0.15, 0.2) is 0 Å². The standard InChI is InChI=1S/C6H15N2/c1-8(2)6-4-3-5-7/h3H,4-7H2,1-2H3. The summed E-state index contributed by atoms with van der Waals surface area (Å²) in [6, 6.07) is 0. The molecule has 0 saturated carbocycles. The second-order valence-corrected chi connectivity index (χ2v) is 2.12. The molecular weight excluding hydrogens is 100 g/mol. The second-order valence-electron chi connectivity index (χ2n) is 2.12. The van der Waals surface area contributed by atoms with Crippen LogP contribution in [-0.2, 0) is 0 Å². The number of rotatable bonds is 4. The molecule has 0 aromatic carbocycles. The number of hydrogen-bond acceptors (Lipinski definition) is 2. The molecule has 0 amide bonds. The van der Waals surface area contributed by atoms with Gasteiger partial charge in [-0.05, 0) is 40.0 Å². The van der Waals surface area contributed by atoms with Gasteiger partial charge in [0.25, 0.3) is 0 Å². The predicted octanol–water partition coefficient (Wildman–Crippen LogP) is 0.101. The molecule has 2 heteroatoms. The van der Waals surface area contributed by atoms with Gasteiger partial charge in [-0.3, -0.25) is 0 Å². The van der Waals surface area contributed by atoms with Crippen LogP contribution in [0.4, 0.5) is 0 Å². The summed E-state index contributed by atoms with van der Waals surface area (Å²) in [5.41, 5.74) is 5.24. The first-order chi connectivity index (χ1) is 3.77. The Morgan fingerprint density at radius 3 is 2.50 bits per heavy atom. The van der Waals surface area contributed by atoms with E-state index < -0.39 is 0 Å². The van der Waals surface area contributed by atoms with E-state index >= 15 is 0 Å². The van der Waals surface area contributed by atoms with Crippen LogP contribution in [0.15, 0.2) is 0 Å². The van der Waals surface area contributed by atoms with Crippen LogP contribution >= 0.6 is 0 Å². The molecule has 0 fully saturated rings. The fourth-order valence-electron chi connectivity index (χ4n) is 0.467. The summed E-state index contributed by atoms with van der Waals surface area (Å²) in [5, 5.41) is 0. The fraction of sp³-hybridized carbons (Fsp3) is 0.833. The molecule has 0 aliphatic heterocycles. The maximum Gasteiger partial charge on any atom is -0.00216 e. The van der Waals surface area contributed by atoms with Crippen LogP contribution in [0.1, 0.15) is 6.42 Å². The molecule has 0 spiro atoms. The number of hydrogen-bond donors (Lipinski definition) is 1. The third kappa shape index (κ3) is 5.92. The summed E-state index contributed by atoms with van der Waals surface area (Å²) in [6.07, 6.45) is 3.18. The van der Waals surface area contributed by atoms with Gasteiger partial charge in [0.2, 0.25) is 0 Å². The highest BCUT2D eigenvalue weighted by molar-refractivity contribution is 4.65.